The predicted octanol–water partition coefficient (Wildman–Crippen LogP) is 3.86. The molecule has 0 aromatic heterocycles. The Morgan fingerprint density at radius 3 is 2.35 bits per heavy atom. The second-order valence-electron chi connectivity index (χ2n) is 4.89. The third-order valence-corrected chi connectivity index (χ3v) is 3.70. The fourth-order valence-corrected chi connectivity index (χ4v) is 2.33. The van der Waals surface area contributed by atoms with Gasteiger partial charge in [-0.25, -0.2) is 0 Å². The number of thioether (sulfide) groups is 1. The van der Waals surface area contributed by atoms with Gasteiger partial charge in [0.15, 0.2) is 0 Å². The number of hydrogen-bond donors (Lipinski definition) is 1. The molecule has 17 heavy (non-hydrogen) atoms. The van der Waals surface area contributed by atoms with Crippen molar-refractivity contribution in [2.24, 2.45) is 0 Å². The Morgan fingerprint density at radius 2 is 1.82 bits per heavy atom. The van der Waals surface area contributed by atoms with E-state index in [0.717, 1.165) is 25.0 Å². The second-order valence-corrected chi connectivity index (χ2v) is 5.87. The van der Waals surface area contributed by atoms with Gasteiger partial charge < -0.3 is 5.11 Å². The molecule has 1 nitrogen and oxygen atoms in total. The van der Waals surface area contributed by atoms with Crippen LogP contribution in [-0.2, 0) is 6.42 Å². The van der Waals surface area contributed by atoms with Crippen LogP contribution < -0.4 is 0 Å². The number of rotatable bonds is 7. The predicted molar refractivity (Wildman–Crippen MR) is 77.9 cm³/mol. The first kappa shape index (κ1) is 14.6. The average Bonchev–Trinajstić information content (AvgIpc) is 2.30. The largest absolute Gasteiger partial charge is 0.393 e. The smallest absolute Gasteiger partial charge is 0.0580 e. The lowest BCUT2D eigenvalue weighted by atomic mass is 9.99. The second kappa shape index (κ2) is 7.78. The Morgan fingerprint density at radius 1 is 1.18 bits per heavy atom. The third kappa shape index (κ3) is 5.60. The standard InChI is InChI=1S/C15H24OS/c1-12(2)14-8-6-13(7-9-14)11-15(16)5-4-10-17-3/h6-9,12,15-16H,4-5,10-11H2,1-3H3. The SMILES string of the molecule is CSCCCC(O)Cc1ccc(C(C)C)cc1. The highest BCUT2D eigenvalue weighted by Crippen LogP contribution is 2.16. The molecule has 0 aliphatic rings. The summed E-state index contributed by atoms with van der Waals surface area (Å²) in [5.74, 6) is 1.72. The molecule has 96 valence electrons. The molecule has 0 amide bonds. The molecule has 0 bridgehead atoms. The molecule has 1 aromatic rings. The molecule has 1 atom stereocenters. The molecule has 1 aromatic carbocycles. The summed E-state index contributed by atoms with van der Waals surface area (Å²) in [6.45, 7) is 4.40. The highest BCUT2D eigenvalue weighted by molar-refractivity contribution is 7.98. The summed E-state index contributed by atoms with van der Waals surface area (Å²) >= 11 is 1.84. The van der Waals surface area contributed by atoms with Gasteiger partial charge in [-0.15, -0.1) is 0 Å². The van der Waals surface area contributed by atoms with Crippen LogP contribution in [0.5, 0.6) is 0 Å². The summed E-state index contributed by atoms with van der Waals surface area (Å²) in [5, 5.41) is 9.90. The van der Waals surface area contributed by atoms with E-state index in [1.165, 1.54) is 11.1 Å². The monoisotopic (exact) mass is 252 g/mol. The lowest BCUT2D eigenvalue weighted by Crippen LogP contribution is -2.10. The first-order valence-corrected chi connectivity index (χ1v) is 7.78. The molecular formula is C15H24OS. The summed E-state index contributed by atoms with van der Waals surface area (Å²) in [6.07, 6.45) is 4.72. The highest BCUT2D eigenvalue weighted by atomic mass is 32.2. The topological polar surface area (TPSA) is 20.2 Å². The molecule has 0 spiro atoms. The van der Waals surface area contributed by atoms with Crippen molar-refractivity contribution in [1.82, 2.24) is 0 Å². The molecule has 0 radical (unpaired) electrons. The van der Waals surface area contributed by atoms with Gasteiger partial charge in [-0.3, -0.25) is 0 Å². The summed E-state index contributed by atoms with van der Waals surface area (Å²) in [6, 6.07) is 8.64. The molecule has 2 heteroatoms. The number of hydrogen-bond acceptors (Lipinski definition) is 2. The van der Waals surface area contributed by atoms with Crippen LogP contribution in [0.3, 0.4) is 0 Å². The molecule has 1 unspecified atom stereocenters. The van der Waals surface area contributed by atoms with Crippen molar-refractivity contribution in [3.8, 4) is 0 Å². The average molecular weight is 252 g/mol. The van der Waals surface area contributed by atoms with Crippen LogP contribution in [0.4, 0.5) is 0 Å². The van der Waals surface area contributed by atoms with Gasteiger partial charge >= 0.3 is 0 Å². The third-order valence-electron chi connectivity index (χ3n) is 3.00. The molecule has 0 saturated heterocycles. The van der Waals surface area contributed by atoms with Gasteiger partial charge in [0.1, 0.15) is 0 Å². The maximum atomic E-state index is 9.90. The lowest BCUT2D eigenvalue weighted by Gasteiger charge is -2.11. The molecule has 0 heterocycles. The van der Waals surface area contributed by atoms with Crippen LogP contribution >= 0.6 is 11.8 Å². The van der Waals surface area contributed by atoms with Crippen molar-refractivity contribution in [2.45, 2.75) is 45.1 Å². The van der Waals surface area contributed by atoms with E-state index in [-0.39, 0.29) is 6.10 Å². The highest BCUT2D eigenvalue weighted by Gasteiger charge is 2.06. The maximum Gasteiger partial charge on any atom is 0.0580 e. The summed E-state index contributed by atoms with van der Waals surface area (Å²) in [7, 11) is 0. The van der Waals surface area contributed by atoms with Crippen LogP contribution in [0.15, 0.2) is 24.3 Å². The Kier molecular flexibility index (Phi) is 6.68. The lowest BCUT2D eigenvalue weighted by molar-refractivity contribution is 0.164. The van der Waals surface area contributed by atoms with Crippen LogP contribution in [0.1, 0.15) is 43.7 Å². The molecular weight excluding hydrogens is 228 g/mol. The normalized spacial score (nSPS) is 13.0. The molecule has 0 aliphatic heterocycles. The van der Waals surface area contributed by atoms with E-state index in [1.54, 1.807) is 0 Å². The van der Waals surface area contributed by atoms with Crippen molar-refractivity contribution < 1.29 is 5.11 Å². The quantitative estimate of drug-likeness (QED) is 0.744. The number of aliphatic hydroxyl groups excluding tert-OH is 1. The molecule has 1 N–H and O–H groups in total. The zero-order valence-corrected chi connectivity index (χ0v) is 12.0. The minimum absolute atomic E-state index is 0.188. The minimum Gasteiger partial charge on any atom is -0.393 e. The van der Waals surface area contributed by atoms with Crippen molar-refractivity contribution >= 4 is 11.8 Å². The molecule has 0 saturated carbocycles. The fraction of sp³-hybridized carbons (Fsp3) is 0.600. The van der Waals surface area contributed by atoms with Crippen molar-refractivity contribution in [3.05, 3.63) is 35.4 Å². The first-order chi connectivity index (χ1) is 8.13. The molecule has 0 aliphatic carbocycles. The summed E-state index contributed by atoms with van der Waals surface area (Å²) in [4.78, 5) is 0. The number of aliphatic hydroxyl groups is 1. The Hall–Kier alpha value is -0.470. The van der Waals surface area contributed by atoms with E-state index in [2.05, 4.69) is 44.4 Å². The zero-order chi connectivity index (χ0) is 12.7. The Labute approximate surface area is 110 Å². The minimum atomic E-state index is -0.188. The fourth-order valence-electron chi connectivity index (χ4n) is 1.88. The van der Waals surface area contributed by atoms with E-state index >= 15 is 0 Å². The van der Waals surface area contributed by atoms with E-state index in [9.17, 15) is 5.11 Å². The number of benzene rings is 1. The van der Waals surface area contributed by atoms with Gasteiger partial charge in [0, 0.05) is 0 Å². The Balaban J connectivity index is 2.40. The van der Waals surface area contributed by atoms with Crippen LogP contribution in [0, 0.1) is 0 Å². The Bertz CT molecular complexity index is 305. The summed E-state index contributed by atoms with van der Waals surface area (Å²) < 4.78 is 0. The molecule has 1 rings (SSSR count). The van der Waals surface area contributed by atoms with Crippen LogP contribution in [0.2, 0.25) is 0 Å². The van der Waals surface area contributed by atoms with Crippen LogP contribution in [-0.4, -0.2) is 23.2 Å². The molecule has 0 fully saturated rings. The van der Waals surface area contributed by atoms with Crippen molar-refractivity contribution in [2.75, 3.05) is 12.0 Å². The maximum absolute atomic E-state index is 9.90. The van der Waals surface area contributed by atoms with Crippen LogP contribution in [0.25, 0.3) is 0 Å². The van der Waals surface area contributed by atoms with E-state index < -0.39 is 0 Å². The van der Waals surface area contributed by atoms with Crippen molar-refractivity contribution in [3.63, 3.8) is 0 Å². The van der Waals surface area contributed by atoms with Gasteiger partial charge in [-0.2, -0.15) is 11.8 Å². The van der Waals surface area contributed by atoms with Gasteiger partial charge in [0.25, 0.3) is 0 Å². The first-order valence-electron chi connectivity index (χ1n) is 6.39. The zero-order valence-electron chi connectivity index (χ0n) is 11.1. The van der Waals surface area contributed by atoms with E-state index in [4.69, 9.17) is 0 Å². The van der Waals surface area contributed by atoms with Crippen molar-refractivity contribution in [1.29, 1.82) is 0 Å². The summed E-state index contributed by atoms with van der Waals surface area (Å²) in [5.41, 5.74) is 2.61. The van der Waals surface area contributed by atoms with Gasteiger partial charge in [0.05, 0.1) is 6.10 Å². The van der Waals surface area contributed by atoms with Gasteiger partial charge in [0.2, 0.25) is 0 Å². The van der Waals surface area contributed by atoms with Gasteiger partial charge in [-0.1, -0.05) is 38.1 Å². The van der Waals surface area contributed by atoms with E-state index in [0.29, 0.717) is 5.92 Å². The van der Waals surface area contributed by atoms with Gasteiger partial charge in [-0.05, 0) is 48.3 Å². The van der Waals surface area contributed by atoms with E-state index in [1.807, 2.05) is 11.8 Å².